The molecule has 0 bridgehead atoms. The maximum Gasteiger partial charge on any atom is 0.303 e. The molecule has 0 spiro atoms. The summed E-state index contributed by atoms with van der Waals surface area (Å²) < 4.78 is 0. The van der Waals surface area contributed by atoms with Gasteiger partial charge in [-0.05, 0) is 38.5 Å². The van der Waals surface area contributed by atoms with Gasteiger partial charge in [0.05, 0.1) is 0 Å². The Morgan fingerprint density at radius 2 is 1.77 bits per heavy atom. The second kappa shape index (κ2) is 16.0. The highest BCUT2D eigenvalue weighted by molar-refractivity contribution is 5.66. The van der Waals surface area contributed by atoms with Gasteiger partial charge in [0.15, 0.2) is 0 Å². The lowest BCUT2D eigenvalue weighted by Crippen LogP contribution is -2.05. The topological polar surface area (TPSA) is 66.8 Å². The molecule has 126 valence electrons. The van der Waals surface area contributed by atoms with Crippen LogP contribution >= 0.6 is 0 Å². The van der Waals surface area contributed by atoms with Crippen LogP contribution in [0, 0.1) is 0 Å². The van der Waals surface area contributed by atoms with Crippen LogP contribution in [0.1, 0.15) is 64.7 Å². The number of carbonyl (C=O) groups is 1. The number of unbranched alkanes of at least 4 members (excludes halogenated alkanes) is 4. The number of carboxylic acid groups (broad SMARTS) is 1. The first-order valence-electron chi connectivity index (χ1n) is 8.19. The van der Waals surface area contributed by atoms with Crippen LogP contribution in [0.15, 0.2) is 36.5 Å². The number of carboxylic acids is 1. The molecule has 0 saturated carbocycles. The summed E-state index contributed by atoms with van der Waals surface area (Å²) in [5, 5.41) is 17.4. The molecule has 1 atom stereocenters. The quantitative estimate of drug-likeness (QED) is 0.202. The van der Waals surface area contributed by atoms with Crippen LogP contribution in [0.4, 0.5) is 0 Å². The number of rotatable bonds is 14. The highest BCUT2D eigenvalue weighted by atomic mass is 17.1. The molecule has 0 heterocycles. The molecule has 0 aromatic heterocycles. The monoisotopic (exact) mass is 310 g/mol. The average Bonchev–Trinajstić information content (AvgIpc) is 2.50. The highest BCUT2D eigenvalue weighted by Crippen LogP contribution is 2.08. The average molecular weight is 310 g/mol. The zero-order valence-electron chi connectivity index (χ0n) is 13.6. The fourth-order valence-electron chi connectivity index (χ4n) is 1.96. The minimum atomic E-state index is -0.721. The van der Waals surface area contributed by atoms with Crippen LogP contribution in [-0.4, -0.2) is 22.4 Å². The Bertz CT molecular complexity index is 345. The summed E-state index contributed by atoms with van der Waals surface area (Å²) in [5.41, 5.74) is 0. The zero-order valence-corrected chi connectivity index (χ0v) is 13.6. The number of hydrogen-bond donors (Lipinski definition) is 2. The Morgan fingerprint density at radius 3 is 2.45 bits per heavy atom. The van der Waals surface area contributed by atoms with Crippen molar-refractivity contribution in [3.63, 3.8) is 0 Å². The molecule has 0 unspecified atom stereocenters. The second-order valence-electron chi connectivity index (χ2n) is 5.24. The van der Waals surface area contributed by atoms with Crippen molar-refractivity contribution in [3.8, 4) is 0 Å². The molecule has 0 aliphatic heterocycles. The first-order chi connectivity index (χ1) is 10.7. The minimum Gasteiger partial charge on any atom is -0.481 e. The molecule has 0 amide bonds. The molecule has 0 rings (SSSR count). The van der Waals surface area contributed by atoms with Crippen molar-refractivity contribution in [1.82, 2.24) is 0 Å². The second-order valence-corrected chi connectivity index (χ2v) is 5.24. The van der Waals surface area contributed by atoms with Gasteiger partial charge in [-0.3, -0.25) is 10.1 Å². The first-order valence-corrected chi connectivity index (χ1v) is 8.19. The smallest absolute Gasteiger partial charge is 0.303 e. The van der Waals surface area contributed by atoms with E-state index in [2.05, 4.69) is 30.0 Å². The fraction of sp³-hybridized carbons (Fsp3) is 0.611. The molecule has 0 aliphatic carbocycles. The Kier molecular flexibility index (Phi) is 15.0. The fourth-order valence-corrected chi connectivity index (χ4v) is 1.96. The molecule has 2 N–H and O–H groups in total. The predicted octanol–water partition coefficient (Wildman–Crippen LogP) is 5.13. The van der Waals surface area contributed by atoms with Crippen LogP contribution in [0.2, 0.25) is 0 Å². The van der Waals surface area contributed by atoms with Gasteiger partial charge in [-0.15, -0.1) is 0 Å². The third kappa shape index (κ3) is 15.0. The van der Waals surface area contributed by atoms with E-state index in [1.54, 1.807) is 0 Å². The summed E-state index contributed by atoms with van der Waals surface area (Å²) in [5.74, 6) is -0.721. The summed E-state index contributed by atoms with van der Waals surface area (Å²) in [4.78, 5) is 14.8. The summed E-state index contributed by atoms with van der Waals surface area (Å²) in [6, 6.07) is 0. The van der Waals surface area contributed by atoms with E-state index >= 15 is 0 Å². The summed E-state index contributed by atoms with van der Waals surface area (Å²) >= 11 is 0. The van der Waals surface area contributed by atoms with Gasteiger partial charge in [-0.1, -0.05) is 56.2 Å². The summed E-state index contributed by atoms with van der Waals surface area (Å²) in [7, 11) is 0. The summed E-state index contributed by atoms with van der Waals surface area (Å²) in [6.07, 6.45) is 19.5. The van der Waals surface area contributed by atoms with Crippen molar-refractivity contribution in [2.75, 3.05) is 0 Å². The Balaban J connectivity index is 3.65. The standard InChI is InChI=1S/C18H30O4/c1-2-3-4-5-8-11-14-17(22-21)15-12-9-6-7-10-13-16-18(19)20/h3-4,8,11-12,15,17,21H,2,5-7,9-10,13-14,16H2,1H3,(H,19,20)/b4-3-,11-8-,15-12+/t17-/m0/s1. The van der Waals surface area contributed by atoms with E-state index in [1.165, 1.54) is 0 Å². The van der Waals surface area contributed by atoms with Crippen molar-refractivity contribution in [2.24, 2.45) is 0 Å². The molecule has 0 saturated heterocycles. The lowest BCUT2D eigenvalue weighted by atomic mass is 10.1. The maximum atomic E-state index is 10.3. The van der Waals surface area contributed by atoms with E-state index in [0.29, 0.717) is 6.42 Å². The Morgan fingerprint density at radius 1 is 1.05 bits per heavy atom. The molecule has 0 aliphatic rings. The van der Waals surface area contributed by atoms with E-state index in [1.807, 2.05) is 18.2 Å². The van der Waals surface area contributed by atoms with Crippen molar-refractivity contribution in [2.45, 2.75) is 70.8 Å². The normalized spacial score (nSPS) is 13.5. The van der Waals surface area contributed by atoms with Crippen LogP contribution < -0.4 is 0 Å². The van der Waals surface area contributed by atoms with E-state index in [-0.39, 0.29) is 12.5 Å². The van der Waals surface area contributed by atoms with E-state index < -0.39 is 5.97 Å². The molecular weight excluding hydrogens is 280 g/mol. The van der Waals surface area contributed by atoms with Gasteiger partial charge in [0, 0.05) is 6.42 Å². The van der Waals surface area contributed by atoms with Gasteiger partial charge < -0.3 is 5.11 Å². The highest BCUT2D eigenvalue weighted by Gasteiger charge is 2.00. The summed E-state index contributed by atoms with van der Waals surface area (Å²) in [6.45, 7) is 2.10. The number of aliphatic carboxylic acids is 1. The molecule has 0 fully saturated rings. The van der Waals surface area contributed by atoms with Crippen LogP contribution in [0.25, 0.3) is 0 Å². The largest absolute Gasteiger partial charge is 0.481 e. The van der Waals surface area contributed by atoms with Crippen LogP contribution in [0.3, 0.4) is 0 Å². The van der Waals surface area contributed by atoms with Gasteiger partial charge in [-0.2, -0.15) is 0 Å². The maximum absolute atomic E-state index is 10.3. The predicted molar refractivity (Wildman–Crippen MR) is 89.8 cm³/mol. The van der Waals surface area contributed by atoms with E-state index in [9.17, 15) is 4.79 Å². The lowest BCUT2D eigenvalue weighted by molar-refractivity contribution is -0.264. The molecule has 0 aromatic carbocycles. The number of allylic oxidation sites excluding steroid dienone is 4. The van der Waals surface area contributed by atoms with Gasteiger partial charge in [0.25, 0.3) is 0 Å². The van der Waals surface area contributed by atoms with Crippen molar-refractivity contribution in [3.05, 3.63) is 36.5 Å². The SMILES string of the molecule is CC/C=C\C/C=C\C[C@@H](/C=C/CCCCCCC(=O)O)OO. The molecular formula is C18H30O4. The Labute approximate surface area is 134 Å². The molecule has 4 nitrogen and oxygen atoms in total. The first kappa shape index (κ1) is 20.6. The van der Waals surface area contributed by atoms with Crippen LogP contribution in [-0.2, 0) is 9.68 Å². The number of hydrogen-bond acceptors (Lipinski definition) is 3. The molecule has 0 aromatic rings. The van der Waals surface area contributed by atoms with Crippen molar-refractivity contribution in [1.29, 1.82) is 0 Å². The minimum absolute atomic E-state index is 0.260. The van der Waals surface area contributed by atoms with E-state index in [0.717, 1.165) is 44.9 Å². The third-order valence-electron chi connectivity index (χ3n) is 3.21. The third-order valence-corrected chi connectivity index (χ3v) is 3.21. The van der Waals surface area contributed by atoms with Crippen molar-refractivity contribution < 1.29 is 20.0 Å². The lowest BCUT2D eigenvalue weighted by Gasteiger charge is -2.05. The molecule has 4 heteroatoms. The van der Waals surface area contributed by atoms with Crippen LogP contribution in [0.5, 0.6) is 0 Å². The van der Waals surface area contributed by atoms with Gasteiger partial charge >= 0.3 is 5.97 Å². The molecule has 22 heavy (non-hydrogen) atoms. The van der Waals surface area contributed by atoms with Crippen molar-refractivity contribution >= 4 is 5.97 Å². The van der Waals surface area contributed by atoms with E-state index in [4.69, 9.17) is 10.4 Å². The Hall–Kier alpha value is -1.39. The van der Waals surface area contributed by atoms with Gasteiger partial charge in [-0.25, -0.2) is 4.89 Å². The zero-order chi connectivity index (χ0) is 16.5. The van der Waals surface area contributed by atoms with Gasteiger partial charge in [0.1, 0.15) is 6.10 Å². The van der Waals surface area contributed by atoms with Gasteiger partial charge in [0.2, 0.25) is 0 Å². The molecule has 0 radical (unpaired) electrons.